The molecule has 0 spiro atoms. The van der Waals surface area contributed by atoms with Crippen LogP contribution in [0, 0.1) is 12.8 Å². The van der Waals surface area contributed by atoms with Gasteiger partial charge in [-0.1, -0.05) is 43.8 Å². The predicted molar refractivity (Wildman–Crippen MR) is 121 cm³/mol. The summed E-state index contributed by atoms with van der Waals surface area (Å²) >= 11 is 1.22. The summed E-state index contributed by atoms with van der Waals surface area (Å²) in [5, 5.41) is 14.2. The number of hydrogen-bond acceptors (Lipinski definition) is 6. The molecular weight excluding hydrogens is 412 g/mol. The second-order valence-electron chi connectivity index (χ2n) is 7.45. The van der Waals surface area contributed by atoms with Crippen LogP contribution in [0.5, 0.6) is 0 Å². The summed E-state index contributed by atoms with van der Waals surface area (Å²) < 4.78 is 1.91. The molecule has 9 heteroatoms. The molecule has 3 rings (SSSR count). The molecule has 0 fully saturated rings. The van der Waals surface area contributed by atoms with Crippen LogP contribution in [0.15, 0.2) is 53.9 Å². The Kier molecular flexibility index (Phi) is 7.77. The number of nitrogens with zero attached hydrogens (tertiary/aromatic N) is 4. The second kappa shape index (κ2) is 10.7. The SMILES string of the molecule is Cc1ccccc1-n1c(SCC(=O)NC(=O)NCCC(C)C)nnc1-c1cccnc1. The molecule has 0 saturated carbocycles. The summed E-state index contributed by atoms with van der Waals surface area (Å²) in [7, 11) is 0. The average Bonchev–Trinajstić information content (AvgIpc) is 3.16. The molecule has 0 aliphatic carbocycles. The van der Waals surface area contributed by atoms with E-state index < -0.39 is 11.9 Å². The normalized spacial score (nSPS) is 10.8. The third-order valence-electron chi connectivity index (χ3n) is 4.50. The smallest absolute Gasteiger partial charge is 0.321 e. The Morgan fingerprint density at radius 2 is 1.94 bits per heavy atom. The fourth-order valence-electron chi connectivity index (χ4n) is 2.89. The number of carbonyl (C=O) groups is 2. The fraction of sp³-hybridized carbons (Fsp3) is 0.318. The average molecular weight is 439 g/mol. The highest BCUT2D eigenvalue weighted by molar-refractivity contribution is 7.99. The molecular formula is C22H26N6O2S. The molecule has 1 aromatic carbocycles. The van der Waals surface area contributed by atoms with Gasteiger partial charge < -0.3 is 5.32 Å². The number of hydrogen-bond donors (Lipinski definition) is 2. The minimum atomic E-state index is -0.484. The Hall–Kier alpha value is -3.20. The maximum Gasteiger partial charge on any atom is 0.321 e. The minimum Gasteiger partial charge on any atom is -0.338 e. The predicted octanol–water partition coefficient (Wildman–Crippen LogP) is 3.60. The molecule has 8 nitrogen and oxygen atoms in total. The van der Waals surface area contributed by atoms with E-state index in [4.69, 9.17) is 0 Å². The van der Waals surface area contributed by atoms with Gasteiger partial charge in [0.2, 0.25) is 5.91 Å². The summed E-state index contributed by atoms with van der Waals surface area (Å²) in [5.74, 6) is 0.758. The zero-order valence-electron chi connectivity index (χ0n) is 17.8. The van der Waals surface area contributed by atoms with Crippen molar-refractivity contribution in [2.45, 2.75) is 32.3 Å². The number of rotatable bonds is 8. The van der Waals surface area contributed by atoms with Gasteiger partial charge in [0.15, 0.2) is 11.0 Å². The first kappa shape index (κ1) is 22.5. The van der Waals surface area contributed by atoms with Gasteiger partial charge in [0.1, 0.15) is 0 Å². The molecule has 162 valence electrons. The highest BCUT2D eigenvalue weighted by Gasteiger charge is 2.19. The summed E-state index contributed by atoms with van der Waals surface area (Å²) in [5.41, 5.74) is 2.78. The van der Waals surface area contributed by atoms with Crippen LogP contribution in [0.1, 0.15) is 25.8 Å². The molecule has 0 aliphatic heterocycles. The molecule has 0 saturated heterocycles. The molecule has 0 bridgehead atoms. The largest absolute Gasteiger partial charge is 0.338 e. The number of urea groups is 1. The van der Waals surface area contributed by atoms with Crippen LogP contribution in [-0.2, 0) is 4.79 Å². The van der Waals surface area contributed by atoms with Gasteiger partial charge in [0.25, 0.3) is 0 Å². The number of benzene rings is 1. The molecule has 2 N–H and O–H groups in total. The summed E-state index contributed by atoms with van der Waals surface area (Å²) in [6.07, 6.45) is 4.28. The number of aryl methyl sites for hydroxylation is 1. The molecule has 0 unspecified atom stereocenters. The third kappa shape index (κ3) is 6.14. The first-order chi connectivity index (χ1) is 15.0. The van der Waals surface area contributed by atoms with Gasteiger partial charge in [-0.3, -0.25) is 19.7 Å². The molecule has 31 heavy (non-hydrogen) atoms. The summed E-state index contributed by atoms with van der Waals surface area (Å²) in [4.78, 5) is 28.3. The maximum atomic E-state index is 12.3. The Morgan fingerprint density at radius 3 is 2.65 bits per heavy atom. The number of thioether (sulfide) groups is 1. The Balaban J connectivity index is 1.75. The number of aromatic nitrogens is 4. The molecule has 0 aliphatic rings. The van der Waals surface area contributed by atoms with E-state index in [0.717, 1.165) is 23.2 Å². The summed E-state index contributed by atoms with van der Waals surface area (Å²) in [6, 6.07) is 11.2. The Labute approximate surface area is 185 Å². The number of imide groups is 1. The van der Waals surface area contributed by atoms with Crippen molar-refractivity contribution in [1.82, 2.24) is 30.4 Å². The number of pyridine rings is 1. The van der Waals surface area contributed by atoms with Crippen molar-refractivity contribution in [3.63, 3.8) is 0 Å². The third-order valence-corrected chi connectivity index (χ3v) is 5.43. The van der Waals surface area contributed by atoms with E-state index in [-0.39, 0.29) is 5.75 Å². The van der Waals surface area contributed by atoms with Gasteiger partial charge in [0.05, 0.1) is 11.4 Å². The quantitative estimate of drug-likeness (QED) is 0.521. The van der Waals surface area contributed by atoms with Crippen LogP contribution in [0.25, 0.3) is 17.1 Å². The van der Waals surface area contributed by atoms with Crippen LogP contribution in [0.3, 0.4) is 0 Å². The first-order valence-electron chi connectivity index (χ1n) is 10.1. The van der Waals surface area contributed by atoms with Gasteiger partial charge in [0, 0.05) is 24.5 Å². The zero-order valence-corrected chi connectivity index (χ0v) is 18.6. The lowest BCUT2D eigenvalue weighted by Gasteiger charge is -2.12. The van der Waals surface area contributed by atoms with Crippen LogP contribution < -0.4 is 10.6 Å². The Bertz CT molecular complexity index is 1040. The van der Waals surface area contributed by atoms with Gasteiger partial charge in [-0.15, -0.1) is 10.2 Å². The Morgan fingerprint density at radius 1 is 1.13 bits per heavy atom. The molecule has 2 aromatic heterocycles. The van der Waals surface area contributed by atoms with Crippen LogP contribution in [0.2, 0.25) is 0 Å². The summed E-state index contributed by atoms with van der Waals surface area (Å²) in [6.45, 7) is 6.68. The van der Waals surface area contributed by atoms with Gasteiger partial charge >= 0.3 is 6.03 Å². The highest BCUT2D eigenvalue weighted by Crippen LogP contribution is 2.28. The van der Waals surface area contributed by atoms with Crippen molar-refractivity contribution >= 4 is 23.7 Å². The molecule has 3 aromatic rings. The highest BCUT2D eigenvalue weighted by atomic mass is 32.2. The topological polar surface area (TPSA) is 102 Å². The van der Waals surface area contributed by atoms with E-state index in [1.165, 1.54) is 11.8 Å². The van der Waals surface area contributed by atoms with Gasteiger partial charge in [-0.05, 0) is 43.0 Å². The van der Waals surface area contributed by atoms with Crippen molar-refractivity contribution in [2.75, 3.05) is 12.3 Å². The van der Waals surface area contributed by atoms with Crippen molar-refractivity contribution in [3.8, 4) is 17.1 Å². The molecule has 3 amide bonds. The monoisotopic (exact) mass is 438 g/mol. The fourth-order valence-corrected chi connectivity index (χ4v) is 3.63. The van der Waals surface area contributed by atoms with Crippen LogP contribution >= 0.6 is 11.8 Å². The molecule has 0 radical (unpaired) electrons. The lowest BCUT2D eigenvalue weighted by atomic mass is 10.1. The number of carbonyl (C=O) groups excluding carboxylic acids is 2. The van der Waals surface area contributed by atoms with Gasteiger partial charge in [-0.25, -0.2) is 4.79 Å². The van der Waals surface area contributed by atoms with Crippen LogP contribution in [-0.4, -0.2) is 44.0 Å². The van der Waals surface area contributed by atoms with Gasteiger partial charge in [-0.2, -0.15) is 0 Å². The standard InChI is InChI=1S/C22H26N6O2S/c1-15(2)10-12-24-21(30)25-19(29)14-31-22-27-26-20(17-8-6-11-23-13-17)28(22)18-9-5-4-7-16(18)3/h4-9,11,13,15H,10,12,14H2,1-3H3,(H2,24,25,29,30). The first-order valence-corrected chi connectivity index (χ1v) is 11.1. The van der Waals surface area contributed by atoms with E-state index >= 15 is 0 Å². The van der Waals surface area contributed by atoms with E-state index in [1.54, 1.807) is 12.4 Å². The van der Waals surface area contributed by atoms with E-state index in [0.29, 0.717) is 23.4 Å². The van der Waals surface area contributed by atoms with E-state index in [9.17, 15) is 9.59 Å². The van der Waals surface area contributed by atoms with Crippen molar-refractivity contribution in [1.29, 1.82) is 0 Å². The number of amides is 3. The van der Waals surface area contributed by atoms with Crippen molar-refractivity contribution in [3.05, 3.63) is 54.4 Å². The second-order valence-corrected chi connectivity index (χ2v) is 8.39. The number of para-hydroxylation sites is 1. The zero-order chi connectivity index (χ0) is 22.2. The van der Waals surface area contributed by atoms with E-state index in [2.05, 4.69) is 39.7 Å². The minimum absolute atomic E-state index is 0.0364. The number of nitrogens with one attached hydrogen (secondary N) is 2. The van der Waals surface area contributed by atoms with Crippen molar-refractivity contribution in [2.24, 2.45) is 5.92 Å². The lowest BCUT2D eigenvalue weighted by Crippen LogP contribution is -2.40. The maximum absolute atomic E-state index is 12.3. The van der Waals surface area contributed by atoms with Crippen molar-refractivity contribution < 1.29 is 9.59 Å². The molecule has 0 atom stereocenters. The van der Waals surface area contributed by atoms with E-state index in [1.807, 2.05) is 47.9 Å². The van der Waals surface area contributed by atoms with Crippen LogP contribution in [0.4, 0.5) is 4.79 Å². The lowest BCUT2D eigenvalue weighted by molar-refractivity contribution is -0.117. The molecule has 2 heterocycles.